The molecule has 0 aliphatic heterocycles. The van der Waals surface area contributed by atoms with Gasteiger partial charge in [0, 0.05) is 30.1 Å². The SMILES string of the molecule is O=C(O)CCCNC(=O)c1ccc(NC(=O)OCC2c3ccccc3-c3ccccc32)cc1. The number of hydrogen-bond donors (Lipinski definition) is 3. The van der Waals surface area contributed by atoms with Crippen molar-refractivity contribution in [1.82, 2.24) is 5.32 Å². The van der Waals surface area contributed by atoms with Gasteiger partial charge < -0.3 is 15.2 Å². The molecule has 2 amide bonds. The van der Waals surface area contributed by atoms with Crippen molar-refractivity contribution in [3.63, 3.8) is 0 Å². The molecule has 0 atom stereocenters. The molecule has 0 aromatic heterocycles. The lowest BCUT2D eigenvalue weighted by atomic mass is 9.98. The summed E-state index contributed by atoms with van der Waals surface area (Å²) >= 11 is 0. The van der Waals surface area contributed by atoms with Crippen LogP contribution in [0, 0.1) is 0 Å². The number of benzene rings is 3. The third-order valence-corrected chi connectivity index (χ3v) is 5.59. The second kappa shape index (κ2) is 9.99. The minimum Gasteiger partial charge on any atom is -0.481 e. The normalized spacial score (nSPS) is 11.9. The van der Waals surface area contributed by atoms with E-state index in [1.54, 1.807) is 24.3 Å². The fourth-order valence-corrected chi connectivity index (χ4v) is 4.00. The summed E-state index contributed by atoms with van der Waals surface area (Å²) in [6.07, 6.45) is -0.200. The summed E-state index contributed by atoms with van der Waals surface area (Å²) in [6.45, 7) is 0.502. The maximum absolute atomic E-state index is 12.4. The minimum absolute atomic E-state index is 0.00325. The second-order valence-corrected chi connectivity index (χ2v) is 7.78. The lowest BCUT2D eigenvalue weighted by Gasteiger charge is -2.14. The van der Waals surface area contributed by atoms with Gasteiger partial charge >= 0.3 is 12.1 Å². The van der Waals surface area contributed by atoms with Crippen LogP contribution in [0.15, 0.2) is 72.8 Å². The van der Waals surface area contributed by atoms with Crippen molar-refractivity contribution in [1.29, 1.82) is 0 Å². The van der Waals surface area contributed by atoms with Crippen LogP contribution in [0.5, 0.6) is 0 Å². The molecule has 3 aromatic carbocycles. The van der Waals surface area contributed by atoms with Gasteiger partial charge in [-0.2, -0.15) is 0 Å². The Morgan fingerprint density at radius 2 is 1.45 bits per heavy atom. The van der Waals surface area contributed by atoms with Gasteiger partial charge in [0.2, 0.25) is 0 Å². The molecule has 1 aliphatic rings. The number of aliphatic carboxylic acids is 1. The first-order valence-electron chi connectivity index (χ1n) is 10.7. The zero-order valence-electron chi connectivity index (χ0n) is 17.9. The van der Waals surface area contributed by atoms with Crippen molar-refractivity contribution in [3.8, 4) is 11.1 Å². The Morgan fingerprint density at radius 3 is 2.06 bits per heavy atom. The van der Waals surface area contributed by atoms with Crippen LogP contribution in [0.2, 0.25) is 0 Å². The van der Waals surface area contributed by atoms with Gasteiger partial charge in [-0.3, -0.25) is 14.9 Å². The van der Waals surface area contributed by atoms with Crippen molar-refractivity contribution in [2.45, 2.75) is 18.8 Å². The number of ether oxygens (including phenoxy) is 1. The van der Waals surface area contributed by atoms with Gasteiger partial charge in [-0.05, 0) is 52.9 Å². The molecule has 0 bridgehead atoms. The molecule has 1 aliphatic carbocycles. The van der Waals surface area contributed by atoms with Gasteiger partial charge in [0.25, 0.3) is 5.91 Å². The minimum atomic E-state index is -0.895. The number of fused-ring (bicyclic) bond motifs is 3. The topological polar surface area (TPSA) is 105 Å². The predicted octanol–water partition coefficient (Wildman–Crippen LogP) is 4.64. The summed E-state index contributed by atoms with van der Waals surface area (Å²) in [7, 11) is 0. The van der Waals surface area contributed by atoms with E-state index in [0.29, 0.717) is 17.7 Å². The molecule has 33 heavy (non-hydrogen) atoms. The van der Waals surface area contributed by atoms with Crippen molar-refractivity contribution >= 4 is 23.7 Å². The highest BCUT2D eigenvalue weighted by molar-refractivity contribution is 5.95. The Hall–Kier alpha value is -4.13. The molecule has 3 aromatic rings. The largest absolute Gasteiger partial charge is 0.481 e. The second-order valence-electron chi connectivity index (χ2n) is 7.78. The average Bonchev–Trinajstić information content (AvgIpc) is 3.14. The Labute approximate surface area is 191 Å². The highest BCUT2D eigenvalue weighted by Gasteiger charge is 2.29. The number of rotatable bonds is 8. The zero-order chi connectivity index (χ0) is 23.2. The number of carboxylic acid groups (broad SMARTS) is 1. The summed E-state index contributed by atoms with van der Waals surface area (Å²) in [5.41, 5.74) is 5.55. The van der Waals surface area contributed by atoms with Gasteiger partial charge in [-0.1, -0.05) is 48.5 Å². The van der Waals surface area contributed by atoms with Crippen molar-refractivity contribution < 1.29 is 24.2 Å². The number of nitrogens with one attached hydrogen (secondary N) is 2. The average molecular weight is 444 g/mol. The number of carboxylic acids is 1. The highest BCUT2D eigenvalue weighted by Crippen LogP contribution is 2.44. The third kappa shape index (κ3) is 5.20. The monoisotopic (exact) mass is 444 g/mol. The first kappa shape index (κ1) is 22.1. The summed E-state index contributed by atoms with van der Waals surface area (Å²) in [5, 5.41) is 14.0. The highest BCUT2D eigenvalue weighted by atomic mass is 16.5. The molecule has 0 radical (unpaired) electrons. The fourth-order valence-electron chi connectivity index (χ4n) is 4.00. The summed E-state index contributed by atoms with van der Waals surface area (Å²) in [6, 6.07) is 22.7. The van der Waals surface area contributed by atoms with E-state index in [1.165, 1.54) is 11.1 Å². The van der Waals surface area contributed by atoms with E-state index < -0.39 is 12.1 Å². The summed E-state index contributed by atoms with van der Waals surface area (Å²) in [4.78, 5) is 35.0. The number of anilines is 1. The Bertz CT molecular complexity index is 1130. The standard InChI is InChI=1S/C26H24N2O5/c29-24(30)10-5-15-27-25(31)17-11-13-18(14-12-17)28-26(32)33-16-23-21-8-3-1-6-19(21)20-7-2-4-9-22(20)23/h1-4,6-9,11-14,23H,5,10,15-16H2,(H,27,31)(H,28,32)(H,29,30). The van der Waals surface area contributed by atoms with Crippen molar-refractivity contribution in [3.05, 3.63) is 89.5 Å². The molecule has 0 fully saturated rings. The first-order chi connectivity index (χ1) is 16.0. The molecule has 0 saturated carbocycles. The molecule has 0 saturated heterocycles. The van der Waals surface area contributed by atoms with Crippen LogP contribution in [0.3, 0.4) is 0 Å². The van der Waals surface area contributed by atoms with Gasteiger partial charge in [-0.25, -0.2) is 4.79 Å². The molecule has 4 rings (SSSR count). The lowest BCUT2D eigenvalue weighted by Crippen LogP contribution is -2.24. The Kier molecular flexibility index (Phi) is 6.69. The van der Waals surface area contributed by atoms with Crippen LogP contribution in [0.4, 0.5) is 10.5 Å². The number of carbonyl (C=O) groups is 3. The van der Waals surface area contributed by atoms with Crippen LogP contribution in [0.25, 0.3) is 11.1 Å². The van der Waals surface area contributed by atoms with Crippen molar-refractivity contribution in [2.24, 2.45) is 0 Å². The fraction of sp³-hybridized carbons (Fsp3) is 0.192. The quantitative estimate of drug-likeness (QED) is 0.439. The summed E-state index contributed by atoms with van der Waals surface area (Å²) in [5.74, 6) is -1.21. The maximum Gasteiger partial charge on any atom is 0.411 e. The number of carbonyl (C=O) groups excluding carboxylic acids is 2. The van der Waals surface area contributed by atoms with E-state index in [4.69, 9.17) is 9.84 Å². The number of hydrogen-bond acceptors (Lipinski definition) is 4. The molecular weight excluding hydrogens is 420 g/mol. The van der Waals surface area contributed by atoms with Crippen molar-refractivity contribution in [2.75, 3.05) is 18.5 Å². The van der Waals surface area contributed by atoms with Gasteiger partial charge in [0.15, 0.2) is 0 Å². The molecule has 3 N–H and O–H groups in total. The zero-order valence-corrected chi connectivity index (χ0v) is 17.9. The van der Waals surface area contributed by atoms with Crippen LogP contribution in [0.1, 0.15) is 40.2 Å². The molecule has 0 unspecified atom stereocenters. The smallest absolute Gasteiger partial charge is 0.411 e. The van der Waals surface area contributed by atoms with E-state index in [0.717, 1.165) is 11.1 Å². The Balaban J connectivity index is 1.31. The van der Waals surface area contributed by atoms with E-state index >= 15 is 0 Å². The molecule has 168 valence electrons. The van der Waals surface area contributed by atoms with E-state index in [-0.39, 0.29) is 31.4 Å². The lowest BCUT2D eigenvalue weighted by molar-refractivity contribution is -0.137. The van der Waals surface area contributed by atoms with Crippen LogP contribution in [-0.2, 0) is 9.53 Å². The number of amides is 2. The first-order valence-corrected chi connectivity index (χ1v) is 10.7. The van der Waals surface area contributed by atoms with Gasteiger partial charge in [0.1, 0.15) is 6.61 Å². The van der Waals surface area contributed by atoms with Gasteiger partial charge in [-0.15, -0.1) is 0 Å². The molecule has 0 heterocycles. The molecule has 0 spiro atoms. The Morgan fingerprint density at radius 1 is 0.848 bits per heavy atom. The van der Waals surface area contributed by atoms with Crippen LogP contribution >= 0.6 is 0 Å². The van der Waals surface area contributed by atoms with E-state index in [2.05, 4.69) is 34.9 Å². The van der Waals surface area contributed by atoms with Crippen LogP contribution in [-0.4, -0.2) is 36.2 Å². The molecular formula is C26H24N2O5. The van der Waals surface area contributed by atoms with Gasteiger partial charge in [0.05, 0.1) is 0 Å². The third-order valence-electron chi connectivity index (χ3n) is 5.59. The van der Waals surface area contributed by atoms with Crippen LogP contribution < -0.4 is 10.6 Å². The maximum atomic E-state index is 12.4. The summed E-state index contributed by atoms with van der Waals surface area (Å²) < 4.78 is 5.53. The van der Waals surface area contributed by atoms with E-state index in [1.807, 2.05) is 24.3 Å². The predicted molar refractivity (Wildman–Crippen MR) is 124 cm³/mol. The molecule has 7 heteroatoms. The van der Waals surface area contributed by atoms with E-state index in [9.17, 15) is 14.4 Å². The molecule has 7 nitrogen and oxygen atoms in total.